The van der Waals surface area contributed by atoms with Crippen molar-refractivity contribution < 1.29 is 0 Å². The zero-order chi connectivity index (χ0) is 14.7. The minimum Gasteiger partial charge on any atom is -0.379 e. The molecule has 0 saturated heterocycles. The maximum absolute atomic E-state index is 4.39. The van der Waals surface area contributed by atoms with E-state index in [4.69, 9.17) is 0 Å². The molecule has 0 radical (unpaired) electrons. The third-order valence-corrected chi connectivity index (χ3v) is 4.08. The third-order valence-electron chi connectivity index (χ3n) is 2.96. The van der Waals surface area contributed by atoms with Crippen molar-refractivity contribution >= 4 is 37.5 Å². The standard InChI is InChI=1S/C15H12Br2N4/c16-11-7-14(17)15(19-9-11)10-18-12-3-1-4-13(8-12)21-6-2-5-20-21/h1-9,18H,10H2. The van der Waals surface area contributed by atoms with Gasteiger partial charge < -0.3 is 5.32 Å². The molecule has 21 heavy (non-hydrogen) atoms. The molecule has 0 aliphatic heterocycles. The van der Waals surface area contributed by atoms with E-state index in [9.17, 15) is 0 Å². The highest BCUT2D eigenvalue weighted by molar-refractivity contribution is 9.11. The van der Waals surface area contributed by atoms with Gasteiger partial charge in [-0.2, -0.15) is 5.10 Å². The Balaban J connectivity index is 1.75. The Labute approximate surface area is 139 Å². The quantitative estimate of drug-likeness (QED) is 0.696. The number of anilines is 1. The average Bonchev–Trinajstić information content (AvgIpc) is 3.01. The van der Waals surface area contributed by atoms with Crippen molar-refractivity contribution in [1.82, 2.24) is 14.8 Å². The van der Waals surface area contributed by atoms with Gasteiger partial charge in [0.15, 0.2) is 0 Å². The fraction of sp³-hybridized carbons (Fsp3) is 0.0667. The van der Waals surface area contributed by atoms with Crippen LogP contribution in [0.5, 0.6) is 0 Å². The van der Waals surface area contributed by atoms with Crippen LogP contribution in [0.3, 0.4) is 0 Å². The SMILES string of the molecule is Brc1cnc(CNc2cccc(-n3cccn3)c2)c(Br)c1. The van der Waals surface area contributed by atoms with Gasteiger partial charge in [0.2, 0.25) is 0 Å². The molecule has 0 fully saturated rings. The number of nitrogens with one attached hydrogen (secondary N) is 1. The monoisotopic (exact) mass is 406 g/mol. The molecule has 0 atom stereocenters. The van der Waals surface area contributed by atoms with Crippen LogP contribution >= 0.6 is 31.9 Å². The third kappa shape index (κ3) is 3.51. The number of pyridine rings is 1. The highest BCUT2D eigenvalue weighted by atomic mass is 79.9. The van der Waals surface area contributed by atoms with Crippen LogP contribution in [0.25, 0.3) is 5.69 Å². The van der Waals surface area contributed by atoms with Gasteiger partial charge in [0.05, 0.1) is 17.9 Å². The van der Waals surface area contributed by atoms with E-state index in [2.05, 4.69) is 53.3 Å². The Morgan fingerprint density at radius 1 is 1.14 bits per heavy atom. The predicted octanol–water partition coefficient (Wildman–Crippen LogP) is 4.40. The summed E-state index contributed by atoms with van der Waals surface area (Å²) in [6.45, 7) is 0.649. The minimum absolute atomic E-state index is 0.649. The maximum atomic E-state index is 4.39. The molecule has 0 unspecified atom stereocenters. The topological polar surface area (TPSA) is 42.7 Å². The van der Waals surface area contributed by atoms with E-state index in [1.54, 1.807) is 12.4 Å². The molecule has 0 aliphatic rings. The highest BCUT2D eigenvalue weighted by Crippen LogP contribution is 2.21. The lowest BCUT2D eigenvalue weighted by molar-refractivity contribution is 0.880. The summed E-state index contributed by atoms with van der Waals surface area (Å²) in [6, 6.07) is 12.0. The summed E-state index contributed by atoms with van der Waals surface area (Å²) in [6.07, 6.45) is 5.48. The zero-order valence-electron chi connectivity index (χ0n) is 11.0. The lowest BCUT2D eigenvalue weighted by Gasteiger charge is -2.09. The second-order valence-corrected chi connectivity index (χ2v) is 6.21. The Bertz CT molecular complexity index is 741. The molecule has 6 heteroatoms. The molecule has 0 aliphatic carbocycles. The molecule has 1 N–H and O–H groups in total. The smallest absolute Gasteiger partial charge is 0.0737 e. The molecule has 0 spiro atoms. The second kappa shape index (κ2) is 6.41. The Morgan fingerprint density at radius 3 is 2.81 bits per heavy atom. The van der Waals surface area contributed by atoms with Crippen molar-refractivity contribution in [3.8, 4) is 5.69 Å². The van der Waals surface area contributed by atoms with Crippen molar-refractivity contribution in [1.29, 1.82) is 0 Å². The number of hydrogen-bond acceptors (Lipinski definition) is 3. The van der Waals surface area contributed by atoms with E-state index in [0.717, 1.165) is 26.0 Å². The van der Waals surface area contributed by atoms with Crippen LogP contribution in [0, 0.1) is 0 Å². The molecular weight excluding hydrogens is 396 g/mol. The summed E-state index contributed by atoms with van der Waals surface area (Å²) in [5, 5.41) is 7.61. The van der Waals surface area contributed by atoms with Crippen LogP contribution in [0.4, 0.5) is 5.69 Å². The van der Waals surface area contributed by atoms with Crippen LogP contribution in [-0.2, 0) is 6.54 Å². The first-order valence-corrected chi connectivity index (χ1v) is 7.95. The Hall–Kier alpha value is -1.66. The Kier molecular flexibility index (Phi) is 4.36. The van der Waals surface area contributed by atoms with Gasteiger partial charge in [-0.1, -0.05) is 6.07 Å². The van der Waals surface area contributed by atoms with Crippen molar-refractivity contribution in [3.63, 3.8) is 0 Å². The minimum atomic E-state index is 0.649. The van der Waals surface area contributed by atoms with Crippen LogP contribution in [0.1, 0.15) is 5.69 Å². The molecule has 0 saturated carbocycles. The summed E-state index contributed by atoms with van der Waals surface area (Å²) < 4.78 is 3.77. The predicted molar refractivity (Wildman–Crippen MR) is 90.5 cm³/mol. The zero-order valence-corrected chi connectivity index (χ0v) is 14.2. The van der Waals surface area contributed by atoms with Crippen molar-refractivity contribution in [2.24, 2.45) is 0 Å². The van der Waals surface area contributed by atoms with Crippen LogP contribution in [0.15, 0.2) is 63.9 Å². The number of benzene rings is 1. The fourth-order valence-corrected chi connectivity index (χ4v) is 3.07. The molecule has 106 valence electrons. The molecule has 0 bridgehead atoms. The molecular formula is C15H12Br2N4. The largest absolute Gasteiger partial charge is 0.379 e. The van der Waals surface area contributed by atoms with Crippen molar-refractivity contribution in [2.45, 2.75) is 6.54 Å². The van der Waals surface area contributed by atoms with Gasteiger partial charge >= 0.3 is 0 Å². The molecule has 2 aromatic heterocycles. The van der Waals surface area contributed by atoms with E-state index in [0.29, 0.717) is 6.54 Å². The van der Waals surface area contributed by atoms with Crippen molar-refractivity contribution in [2.75, 3.05) is 5.32 Å². The number of hydrogen-bond donors (Lipinski definition) is 1. The number of rotatable bonds is 4. The Morgan fingerprint density at radius 2 is 2.05 bits per heavy atom. The average molecular weight is 408 g/mol. The molecule has 4 nitrogen and oxygen atoms in total. The molecule has 3 rings (SSSR count). The second-order valence-electron chi connectivity index (χ2n) is 4.44. The molecule has 1 aromatic carbocycles. The normalized spacial score (nSPS) is 10.6. The van der Waals surface area contributed by atoms with Gasteiger partial charge in [0.25, 0.3) is 0 Å². The van der Waals surface area contributed by atoms with Gasteiger partial charge in [-0.3, -0.25) is 4.98 Å². The van der Waals surface area contributed by atoms with E-state index in [-0.39, 0.29) is 0 Å². The molecule has 0 amide bonds. The van der Waals surface area contributed by atoms with E-state index in [1.807, 2.05) is 41.2 Å². The first-order chi connectivity index (χ1) is 10.2. The highest BCUT2D eigenvalue weighted by Gasteiger charge is 2.03. The lowest BCUT2D eigenvalue weighted by atomic mass is 10.2. The first-order valence-electron chi connectivity index (χ1n) is 6.36. The molecule has 2 heterocycles. The van der Waals surface area contributed by atoms with E-state index >= 15 is 0 Å². The van der Waals surface area contributed by atoms with Gasteiger partial charge in [0, 0.05) is 33.2 Å². The van der Waals surface area contributed by atoms with E-state index in [1.165, 1.54) is 0 Å². The number of nitrogens with zero attached hydrogens (tertiary/aromatic N) is 3. The summed E-state index contributed by atoms with van der Waals surface area (Å²) in [7, 11) is 0. The summed E-state index contributed by atoms with van der Waals surface area (Å²) >= 11 is 6.92. The summed E-state index contributed by atoms with van der Waals surface area (Å²) in [4.78, 5) is 4.39. The fourth-order valence-electron chi connectivity index (χ4n) is 1.94. The number of halogens is 2. The van der Waals surface area contributed by atoms with Crippen LogP contribution < -0.4 is 5.32 Å². The lowest BCUT2D eigenvalue weighted by Crippen LogP contribution is -2.03. The van der Waals surface area contributed by atoms with Crippen LogP contribution in [-0.4, -0.2) is 14.8 Å². The maximum Gasteiger partial charge on any atom is 0.0737 e. The van der Waals surface area contributed by atoms with E-state index < -0.39 is 0 Å². The van der Waals surface area contributed by atoms with Gasteiger partial charge in [-0.15, -0.1) is 0 Å². The molecule has 3 aromatic rings. The van der Waals surface area contributed by atoms with Gasteiger partial charge in [-0.25, -0.2) is 4.68 Å². The van der Waals surface area contributed by atoms with Crippen molar-refractivity contribution in [3.05, 3.63) is 69.6 Å². The summed E-state index contributed by atoms with van der Waals surface area (Å²) in [5.41, 5.74) is 3.01. The van der Waals surface area contributed by atoms with Gasteiger partial charge in [-0.05, 0) is 62.2 Å². The number of aromatic nitrogens is 3. The van der Waals surface area contributed by atoms with Gasteiger partial charge in [0.1, 0.15) is 0 Å². The summed E-state index contributed by atoms with van der Waals surface area (Å²) in [5.74, 6) is 0. The first kappa shape index (κ1) is 14.3. The van der Waals surface area contributed by atoms with Crippen LogP contribution in [0.2, 0.25) is 0 Å².